The number of thioether (sulfide) groups is 1. The summed E-state index contributed by atoms with van der Waals surface area (Å²) < 4.78 is 0. The van der Waals surface area contributed by atoms with E-state index in [4.69, 9.17) is 0 Å². The van der Waals surface area contributed by atoms with E-state index >= 15 is 0 Å². The molecule has 5 nitrogen and oxygen atoms in total. The summed E-state index contributed by atoms with van der Waals surface area (Å²) in [5.41, 5.74) is 5.89. The minimum Gasteiger partial charge on any atom is -0.290 e. The van der Waals surface area contributed by atoms with Crippen molar-refractivity contribution in [2.24, 2.45) is 5.10 Å². The maximum absolute atomic E-state index is 12.1. The predicted octanol–water partition coefficient (Wildman–Crippen LogP) is 3.74. The molecule has 6 heteroatoms. The second kappa shape index (κ2) is 10.2. The maximum atomic E-state index is 12.1. The van der Waals surface area contributed by atoms with Gasteiger partial charge in [0.05, 0.1) is 23.7 Å². The molecule has 1 aliphatic rings. The highest BCUT2D eigenvalue weighted by Crippen LogP contribution is 2.35. The Morgan fingerprint density at radius 1 is 1.03 bits per heavy atom. The number of hydrogen-bond acceptors (Lipinski definition) is 5. The normalized spacial score (nSPS) is 14.7. The Hall–Kier alpha value is -2.96. The quantitative estimate of drug-likeness (QED) is 0.449. The van der Waals surface area contributed by atoms with Crippen LogP contribution in [0.25, 0.3) is 0 Å². The first-order valence-corrected chi connectivity index (χ1v) is 11.0. The van der Waals surface area contributed by atoms with Gasteiger partial charge in [-0.15, -0.1) is 11.8 Å². The third-order valence-electron chi connectivity index (χ3n) is 5.00. The lowest BCUT2D eigenvalue weighted by atomic mass is 9.94. The number of amides is 1. The van der Waals surface area contributed by atoms with Crippen molar-refractivity contribution < 1.29 is 4.79 Å². The fourth-order valence-electron chi connectivity index (χ4n) is 3.52. The number of likely N-dealkylation sites (tertiary alicyclic amines) is 1. The average Bonchev–Trinajstić information content (AvgIpc) is 2.77. The first-order chi connectivity index (χ1) is 14.8. The summed E-state index contributed by atoms with van der Waals surface area (Å²) in [4.78, 5) is 18.7. The molecule has 2 heterocycles. The Balaban J connectivity index is 1.27. The lowest BCUT2D eigenvalue weighted by molar-refractivity contribution is -0.118. The summed E-state index contributed by atoms with van der Waals surface area (Å²) >= 11 is 1.69. The SMILES string of the molecule is O=C(CSC1CN(C(c2ccccc2)c2ccccc2)C1)NN=Cc1ccccn1. The summed E-state index contributed by atoms with van der Waals surface area (Å²) in [6, 6.07) is 27.0. The van der Waals surface area contributed by atoms with Gasteiger partial charge in [0.1, 0.15) is 0 Å². The third-order valence-corrected chi connectivity index (χ3v) is 6.19. The fraction of sp³-hybridized carbons (Fsp3) is 0.208. The molecule has 0 bridgehead atoms. The number of benzene rings is 2. The van der Waals surface area contributed by atoms with E-state index in [-0.39, 0.29) is 11.9 Å². The van der Waals surface area contributed by atoms with Crippen LogP contribution in [0.4, 0.5) is 0 Å². The molecule has 2 aromatic carbocycles. The van der Waals surface area contributed by atoms with Crippen molar-refractivity contribution in [3.63, 3.8) is 0 Å². The second-order valence-electron chi connectivity index (χ2n) is 7.16. The molecule has 1 saturated heterocycles. The van der Waals surface area contributed by atoms with Gasteiger partial charge in [-0.2, -0.15) is 5.10 Å². The van der Waals surface area contributed by atoms with Gasteiger partial charge >= 0.3 is 0 Å². The number of rotatable bonds is 8. The van der Waals surface area contributed by atoms with Crippen LogP contribution in [0.3, 0.4) is 0 Å². The van der Waals surface area contributed by atoms with Crippen molar-refractivity contribution in [1.29, 1.82) is 0 Å². The minimum absolute atomic E-state index is 0.0895. The van der Waals surface area contributed by atoms with E-state index in [1.165, 1.54) is 11.1 Å². The predicted molar refractivity (Wildman–Crippen MR) is 123 cm³/mol. The van der Waals surface area contributed by atoms with E-state index in [1.807, 2.05) is 18.2 Å². The zero-order valence-corrected chi connectivity index (χ0v) is 17.4. The van der Waals surface area contributed by atoms with Gasteiger partial charge in [-0.25, -0.2) is 5.43 Å². The summed E-state index contributed by atoms with van der Waals surface area (Å²) in [6.07, 6.45) is 3.25. The molecule has 0 saturated carbocycles. The molecule has 1 aromatic heterocycles. The van der Waals surface area contributed by atoms with Gasteiger partial charge in [-0.3, -0.25) is 14.7 Å². The first kappa shape index (κ1) is 20.3. The minimum atomic E-state index is -0.0895. The number of aromatic nitrogens is 1. The van der Waals surface area contributed by atoms with Crippen molar-refractivity contribution in [2.45, 2.75) is 11.3 Å². The molecule has 4 rings (SSSR count). The van der Waals surface area contributed by atoms with Crippen molar-refractivity contribution in [2.75, 3.05) is 18.8 Å². The number of carbonyl (C=O) groups is 1. The number of hydrogen-bond donors (Lipinski definition) is 1. The second-order valence-corrected chi connectivity index (χ2v) is 8.45. The van der Waals surface area contributed by atoms with Crippen LogP contribution in [0.2, 0.25) is 0 Å². The molecule has 1 aliphatic heterocycles. The van der Waals surface area contributed by atoms with E-state index in [2.05, 4.69) is 81.1 Å². The third kappa shape index (κ3) is 5.34. The average molecular weight is 417 g/mol. The van der Waals surface area contributed by atoms with Crippen LogP contribution >= 0.6 is 11.8 Å². The molecule has 3 aromatic rings. The zero-order valence-electron chi connectivity index (χ0n) is 16.6. The van der Waals surface area contributed by atoms with Crippen LogP contribution in [0.1, 0.15) is 22.9 Å². The lowest BCUT2D eigenvalue weighted by Crippen LogP contribution is -2.51. The van der Waals surface area contributed by atoms with Gasteiger partial charge in [0.25, 0.3) is 0 Å². The van der Waals surface area contributed by atoms with Crippen LogP contribution in [0.15, 0.2) is 90.2 Å². The summed E-state index contributed by atoms with van der Waals surface area (Å²) in [7, 11) is 0. The number of nitrogens with zero attached hydrogens (tertiary/aromatic N) is 3. The Morgan fingerprint density at radius 3 is 2.27 bits per heavy atom. The Morgan fingerprint density at radius 2 is 1.67 bits per heavy atom. The van der Waals surface area contributed by atoms with Crippen LogP contribution < -0.4 is 5.43 Å². The smallest absolute Gasteiger partial charge is 0.250 e. The van der Waals surface area contributed by atoms with Gasteiger partial charge in [-0.1, -0.05) is 66.7 Å². The molecule has 1 N–H and O–H groups in total. The molecular formula is C24H24N4OS. The summed E-state index contributed by atoms with van der Waals surface area (Å²) in [5, 5.41) is 4.42. The lowest BCUT2D eigenvalue weighted by Gasteiger charge is -2.44. The van der Waals surface area contributed by atoms with Gasteiger partial charge in [0, 0.05) is 24.5 Å². The highest BCUT2D eigenvalue weighted by atomic mass is 32.2. The Bertz CT molecular complexity index is 921. The standard InChI is InChI=1S/C24H24N4OS/c29-23(27-26-15-21-13-7-8-14-25-21)18-30-22-16-28(17-22)24(19-9-3-1-4-10-19)20-11-5-2-6-12-20/h1-15,22,24H,16-18H2,(H,27,29). The number of pyridine rings is 1. The largest absolute Gasteiger partial charge is 0.290 e. The number of carbonyl (C=O) groups excluding carboxylic acids is 1. The van der Waals surface area contributed by atoms with Crippen molar-refractivity contribution in [3.05, 3.63) is 102 Å². The number of hydrazone groups is 1. The van der Waals surface area contributed by atoms with Gasteiger partial charge in [-0.05, 0) is 23.3 Å². The van der Waals surface area contributed by atoms with Crippen molar-refractivity contribution in [1.82, 2.24) is 15.3 Å². The number of nitrogens with one attached hydrogen (secondary N) is 1. The van der Waals surface area contributed by atoms with Crippen LogP contribution in [-0.2, 0) is 4.79 Å². The Labute approximate surface area is 181 Å². The maximum Gasteiger partial charge on any atom is 0.250 e. The first-order valence-electron chi connectivity index (χ1n) is 9.98. The molecule has 30 heavy (non-hydrogen) atoms. The highest BCUT2D eigenvalue weighted by Gasteiger charge is 2.34. The van der Waals surface area contributed by atoms with Gasteiger partial charge < -0.3 is 0 Å². The molecular weight excluding hydrogens is 392 g/mol. The summed E-state index contributed by atoms with van der Waals surface area (Å²) in [6.45, 7) is 1.92. The molecule has 0 radical (unpaired) electrons. The van der Waals surface area contributed by atoms with E-state index in [1.54, 1.807) is 24.2 Å². The highest BCUT2D eigenvalue weighted by molar-refractivity contribution is 8.00. The van der Waals surface area contributed by atoms with E-state index < -0.39 is 0 Å². The van der Waals surface area contributed by atoms with Crippen LogP contribution in [-0.4, -0.2) is 46.1 Å². The molecule has 152 valence electrons. The van der Waals surface area contributed by atoms with Crippen molar-refractivity contribution >= 4 is 23.9 Å². The Kier molecular flexibility index (Phi) is 6.90. The van der Waals surface area contributed by atoms with E-state index in [0.717, 1.165) is 13.1 Å². The van der Waals surface area contributed by atoms with Gasteiger partial charge in [0.2, 0.25) is 5.91 Å². The molecule has 0 aliphatic carbocycles. The van der Waals surface area contributed by atoms with E-state index in [9.17, 15) is 4.79 Å². The molecule has 0 spiro atoms. The zero-order chi connectivity index (χ0) is 20.6. The molecule has 0 atom stereocenters. The van der Waals surface area contributed by atoms with Crippen LogP contribution in [0.5, 0.6) is 0 Å². The van der Waals surface area contributed by atoms with E-state index in [0.29, 0.717) is 16.7 Å². The molecule has 1 amide bonds. The fourth-order valence-corrected chi connectivity index (χ4v) is 4.56. The van der Waals surface area contributed by atoms with Crippen LogP contribution in [0, 0.1) is 0 Å². The van der Waals surface area contributed by atoms with Crippen molar-refractivity contribution in [3.8, 4) is 0 Å². The molecule has 1 fully saturated rings. The molecule has 0 unspecified atom stereocenters. The monoisotopic (exact) mass is 416 g/mol. The van der Waals surface area contributed by atoms with Gasteiger partial charge in [0.15, 0.2) is 0 Å². The summed E-state index contributed by atoms with van der Waals surface area (Å²) in [5.74, 6) is 0.313. The topological polar surface area (TPSA) is 57.6 Å².